The Morgan fingerprint density at radius 1 is 1.05 bits per heavy atom. The smallest absolute Gasteiger partial charge is 0.222 e. The third kappa shape index (κ3) is 3.90. The number of amides is 1. The predicted octanol–water partition coefficient (Wildman–Crippen LogP) is 1.81. The number of ketones is 1. The predicted molar refractivity (Wildman–Crippen MR) is 78.7 cm³/mol. The normalized spacial score (nSPS) is 16.1. The molecule has 2 rings (SSSR count). The molecular weight excluding hydrogens is 252 g/mol. The van der Waals surface area contributed by atoms with Crippen LogP contribution < -0.4 is 0 Å². The molecule has 0 N–H and O–H groups in total. The summed E-state index contributed by atoms with van der Waals surface area (Å²) in [6, 6.07) is 9.38. The Morgan fingerprint density at radius 3 is 2.30 bits per heavy atom. The van der Waals surface area contributed by atoms with Gasteiger partial charge in [0.25, 0.3) is 0 Å². The van der Waals surface area contributed by atoms with Gasteiger partial charge >= 0.3 is 0 Å². The summed E-state index contributed by atoms with van der Waals surface area (Å²) >= 11 is 0. The number of hydrogen-bond acceptors (Lipinski definition) is 3. The fourth-order valence-corrected chi connectivity index (χ4v) is 2.45. The largest absolute Gasteiger partial charge is 0.340 e. The minimum atomic E-state index is 0.152. The second kappa shape index (κ2) is 7.20. The maximum atomic E-state index is 12.1. The monoisotopic (exact) mass is 274 g/mol. The Hall–Kier alpha value is -1.68. The summed E-state index contributed by atoms with van der Waals surface area (Å²) in [5.41, 5.74) is 0.761. The van der Waals surface area contributed by atoms with Gasteiger partial charge in [-0.05, 0) is 6.42 Å². The van der Waals surface area contributed by atoms with Crippen molar-refractivity contribution in [3.63, 3.8) is 0 Å². The molecule has 1 saturated heterocycles. The van der Waals surface area contributed by atoms with Gasteiger partial charge in [-0.15, -0.1) is 0 Å². The average Bonchev–Trinajstić information content (AvgIpc) is 2.49. The second-order valence-electron chi connectivity index (χ2n) is 5.20. The molecule has 1 amide bonds. The lowest BCUT2D eigenvalue weighted by Gasteiger charge is -2.34. The molecule has 1 aromatic carbocycles. The molecule has 0 spiro atoms. The van der Waals surface area contributed by atoms with Crippen molar-refractivity contribution < 1.29 is 9.59 Å². The SMILES string of the molecule is CCCC(=O)N1CCN(CC(=O)c2ccccc2)CC1. The van der Waals surface area contributed by atoms with E-state index in [1.807, 2.05) is 42.2 Å². The van der Waals surface area contributed by atoms with E-state index in [0.29, 0.717) is 13.0 Å². The number of piperazine rings is 1. The molecule has 0 aromatic heterocycles. The van der Waals surface area contributed by atoms with Gasteiger partial charge < -0.3 is 4.90 Å². The van der Waals surface area contributed by atoms with Crippen LogP contribution in [0.1, 0.15) is 30.1 Å². The number of nitrogens with zero attached hydrogens (tertiary/aromatic N) is 2. The first-order valence-electron chi connectivity index (χ1n) is 7.29. The van der Waals surface area contributed by atoms with E-state index in [2.05, 4.69) is 4.90 Å². The molecule has 0 unspecified atom stereocenters. The van der Waals surface area contributed by atoms with Crippen LogP contribution in [-0.4, -0.2) is 54.2 Å². The van der Waals surface area contributed by atoms with Crippen LogP contribution in [0.2, 0.25) is 0 Å². The molecule has 1 heterocycles. The minimum absolute atomic E-state index is 0.152. The van der Waals surface area contributed by atoms with Crippen LogP contribution in [0.4, 0.5) is 0 Å². The van der Waals surface area contributed by atoms with Crippen molar-refractivity contribution >= 4 is 11.7 Å². The van der Waals surface area contributed by atoms with Gasteiger partial charge in [0.1, 0.15) is 0 Å². The Bertz CT molecular complexity index is 451. The standard InChI is InChI=1S/C16H22N2O2/c1-2-6-16(20)18-11-9-17(10-12-18)13-15(19)14-7-4-3-5-8-14/h3-5,7-8H,2,6,9-13H2,1H3. The van der Waals surface area contributed by atoms with Gasteiger partial charge in [-0.25, -0.2) is 0 Å². The highest BCUT2D eigenvalue weighted by atomic mass is 16.2. The molecule has 108 valence electrons. The zero-order valence-corrected chi connectivity index (χ0v) is 12.0. The van der Waals surface area contributed by atoms with E-state index >= 15 is 0 Å². The van der Waals surface area contributed by atoms with E-state index in [1.54, 1.807) is 0 Å². The van der Waals surface area contributed by atoms with E-state index in [4.69, 9.17) is 0 Å². The number of carbonyl (C=O) groups is 2. The number of hydrogen-bond donors (Lipinski definition) is 0. The maximum absolute atomic E-state index is 12.1. The number of rotatable bonds is 5. The van der Waals surface area contributed by atoms with Crippen LogP contribution in [0.25, 0.3) is 0 Å². The lowest BCUT2D eigenvalue weighted by Crippen LogP contribution is -2.49. The van der Waals surface area contributed by atoms with Crippen LogP contribution in [0.5, 0.6) is 0 Å². The number of carbonyl (C=O) groups excluding carboxylic acids is 2. The molecule has 0 atom stereocenters. The first-order valence-corrected chi connectivity index (χ1v) is 7.29. The van der Waals surface area contributed by atoms with Crippen LogP contribution in [0.3, 0.4) is 0 Å². The highest BCUT2D eigenvalue weighted by Crippen LogP contribution is 2.07. The third-order valence-corrected chi connectivity index (χ3v) is 3.65. The summed E-state index contributed by atoms with van der Waals surface area (Å²) in [4.78, 5) is 27.9. The lowest BCUT2D eigenvalue weighted by molar-refractivity contribution is -0.132. The summed E-state index contributed by atoms with van der Waals surface area (Å²) in [7, 11) is 0. The molecule has 1 fully saturated rings. The molecule has 0 bridgehead atoms. The van der Waals surface area contributed by atoms with Gasteiger partial charge in [-0.1, -0.05) is 37.3 Å². The molecular formula is C16H22N2O2. The van der Waals surface area contributed by atoms with E-state index in [0.717, 1.165) is 38.2 Å². The number of Topliss-reactive ketones (excluding diaryl/α,β-unsaturated/α-hetero) is 1. The summed E-state index contributed by atoms with van der Waals surface area (Å²) in [5.74, 6) is 0.389. The Kier molecular flexibility index (Phi) is 5.30. The van der Waals surface area contributed by atoms with Gasteiger partial charge in [-0.2, -0.15) is 0 Å². The molecule has 1 aromatic rings. The second-order valence-corrected chi connectivity index (χ2v) is 5.20. The van der Waals surface area contributed by atoms with Crippen molar-refractivity contribution in [2.45, 2.75) is 19.8 Å². The average molecular weight is 274 g/mol. The van der Waals surface area contributed by atoms with Crippen LogP contribution in [0, 0.1) is 0 Å². The van der Waals surface area contributed by atoms with Crippen molar-refractivity contribution in [2.75, 3.05) is 32.7 Å². The molecule has 1 aliphatic heterocycles. The van der Waals surface area contributed by atoms with E-state index < -0.39 is 0 Å². The van der Waals surface area contributed by atoms with Crippen molar-refractivity contribution in [1.29, 1.82) is 0 Å². The Labute approximate surface area is 120 Å². The molecule has 1 aliphatic rings. The topological polar surface area (TPSA) is 40.6 Å². The molecule has 0 saturated carbocycles. The zero-order chi connectivity index (χ0) is 14.4. The lowest BCUT2D eigenvalue weighted by atomic mass is 10.1. The van der Waals surface area contributed by atoms with E-state index in [9.17, 15) is 9.59 Å². The van der Waals surface area contributed by atoms with Crippen molar-refractivity contribution in [2.24, 2.45) is 0 Å². The van der Waals surface area contributed by atoms with Gasteiger partial charge in [0.2, 0.25) is 5.91 Å². The van der Waals surface area contributed by atoms with E-state index in [-0.39, 0.29) is 11.7 Å². The zero-order valence-electron chi connectivity index (χ0n) is 12.0. The molecule has 4 nitrogen and oxygen atoms in total. The summed E-state index contributed by atoms with van der Waals surface area (Å²) in [5, 5.41) is 0. The van der Waals surface area contributed by atoms with Crippen molar-refractivity contribution in [3.8, 4) is 0 Å². The molecule has 0 aliphatic carbocycles. The van der Waals surface area contributed by atoms with Crippen molar-refractivity contribution in [3.05, 3.63) is 35.9 Å². The fourth-order valence-electron chi connectivity index (χ4n) is 2.45. The highest BCUT2D eigenvalue weighted by molar-refractivity contribution is 5.97. The van der Waals surface area contributed by atoms with Gasteiger partial charge in [0, 0.05) is 38.2 Å². The van der Waals surface area contributed by atoms with Gasteiger partial charge in [-0.3, -0.25) is 14.5 Å². The highest BCUT2D eigenvalue weighted by Gasteiger charge is 2.21. The third-order valence-electron chi connectivity index (χ3n) is 3.65. The summed E-state index contributed by atoms with van der Waals surface area (Å²) < 4.78 is 0. The van der Waals surface area contributed by atoms with Crippen LogP contribution >= 0.6 is 0 Å². The van der Waals surface area contributed by atoms with Crippen LogP contribution in [0.15, 0.2) is 30.3 Å². The van der Waals surface area contributed by atoms with Gasteiger partial charge in [0.05, 0.1) is 6.54 Å². The quantitative estimate of drug-likeness (QED) is 0.769. The van der Waals surface area contributed by atoms with Crippen LogP contribution in [-0.2, 0) is 4.79 Å². The Balaban J connectivity index is 1.80. The van der Waals surface area contributed by atoms with Crippen molar-refractivity contribution in [1.82, 2.24) is 9.80 Å². The fraction of sp³-hybridized carbons (Fsp3) is 0.500. The summed E-state index contributed by atoms with van der Waals surface area (Å²) in [6.07, 6.45) is 1.52. The Morgan fingerprint density at radius 2 is 1.70 bits per heavy atom. The van der Waals surface area contributed by atoms with E-state index in [1.165, 1.54) is 0 Å². The first-order chi connectivity index (χ1) is 9.70. The maximum Gasteiger partial charge on any atom is 0.222 e. The summed E-state index contributed by atoms with van der Waals surface area (Å²) in [6.45, 7) is 5.51. The first kappa shape index (κ1) is 14.7. The molecule has 20 heavy (non-hydrogen) atoms. The minimum Gasteiger partial charge on any atom is -0.340 e. The van der Waals surface area contributed by atoms with Gasteiger partial charge in [0.15, 0.2) is 5.78 Å². The molecule has 0 radical (unpaired) electrons. The number of benzene rings is 1. The molecule has 4 heteroatoms.